The van der Waals surface area contributed by atoms with Gasteiger partial charge in [-0.3, -0.25) is 0 Å². The van der Waals surface area contributed by atoms with Gasteiger partial charge in [0.15, 0.2) is 0 Å². The highest BCUT2D eigenvalue weighted by Crippen LogP contribution is 2.21. The number of hydrogen-bond acceptors (Lipinski definition) is 0. The van der Waals surface area contributed by atoms with Gasteiger partial charge in [-0.1, -0.05) is 12.1 Å². The van der Waals surface area contributed by atoms with Crippen LogP contribution in [0, 0.1) is 13.8 Å². The quantitative estimate of drug-likeness (QED) is 0.623. The second-order valence-corrected chi connectivity index (χ2v) is 3.52. The maximum Gasteiger partial charge on any atom is 0.0483 e. The van der Waals surface area contributed by atoms with Crippen molar-refractivity contribution in [1.29, 1.82) is 0 Å². The monoisotopic (exact) mass is 172 g/mol. The van der Waals surface area contributed by atoms with Crippen LogP contribution in [0.4, 0.5) is 0 Å². The molecule has 0 aliphatic carbocycles. The molecule has 0 bridgehead atoms. The standard InChI is InChI=1S/C12H14N/c1-4-10-5-6-11-9(2)8-13(3)12(11)7-10/h5-8H,1,4H2,2-3H3. The summed E-state index contributed by atoms with van der Waals surface area (Å²) >= 11 is 0. The van der Waals surface area contributed by atoms with E-state index >= 15 is 0 Å². The molecule has 13 heavy (non-hydrogen) atoms. The Kier molecular flexibility index (Phi) is 1.87. The molecule has 2 aromatic rings. The third-order valence-electron chi connectivity index (χ3n) is 2.54. The number of nitrogens with zero attached hydrogens (tertiary/aromatic N) is 1. The molecule has 0 amide bonds. The molecule has 1 radical (unpaired) electrons. The molecule has 0 aliphatic rings. The fraction of sp³-hybridized carbons (Fsp3) is 0.250. The van der Waals surface area contributed by atoms with E-state index in [-0.39, 0.29) is 0 Å². The first-order valence-electron chi connectivity index (χ1n) is 4.56. The summed E-state index contributed by atoms with van der Waals surface area (Å²) in [6.45, 7) is 6.03. The Hall–Kier alpha value is -1.24. The molecule has 0 atom stereocenters. The molecule has 1 heteroatoms. The summed E-state index contributed by atoms with van der Waals surface area (Å²) in [5.74, 6) is 0. The van der Waals surface area contributed by atoms with Gasteiger partial charge in [0.2, 0.25) is 0 Å². The summed E-state index contributed by atoms with van der Waals surface area (Å²) in [4.78, 5) is 0. The van der Waals surface area contributed by atoms with Crippen molar-refractivity contribution in [2.75, 3.05) is 0 Å². The van der Waals surface area contributed by atoms with Crippen LogP contribution in [-0.4, -0.2) is 4.57 Å². The van der Waals surface area contributed by atoms with Crippen molar-refractivity contribution in [3.05, 3.63) is 42.4 Å². The van der Waals surface area contributed by atoms with Crippen molar-refractivity contribution in [3.63, 3.8) is 0 Å². The second kappa shape index (κ2) is 2.91. The predicted molar refractivity (Wildman–Crippen MR) is 56.7 cm³/mol. The SMILES string of the molecule is [CH2]Cc1ccc2c(C)cn(C)c2c1. The van der Waals surface area contributed by atoms with Gasteiger partial charge in [-0.2, -0.15) is 0 Å². The minimum Gasteiger partial charge on any atom is -0.350 e. The Balaban J connectivity index is 2.76. The van der Waals surface area contributed by atoms with Crippen molar-refractivity contribution < 1.29 is 0 Å². The van der Waals surface area contributed by atoms with E-state index in [1.807, 2.05) is 0 Å². The molecule has 2 rings (SSSR count). The molecule has 0 saturated carbocycles. The second-order valence-electron chi connectivity index (χ2n) is 3.52. The number of aromatic nitrogens is 1. The van der Waals surface area contributed by atoms with Gasteiger partial charge in [-0.15, -0.1) is 0 Å². The first-order valence-corrected chi connectivity index (χ1v) is 4.56. The molecular weight excluding hydrogens is 158 g/mol. The fourth-order valence-electron chi connectivity index (χ4n) is 1.79. The maximum atomic E-state index is 3.89. The van der Waals surface area contributed by atoms with E-state index in [0.717, 1.165) is 6.42 Å². The molecule has 0 N–H and O–H groups in total. The molecule has 0 fully saturated rings. The van der Waals surface area contributed by atoms with E-state index in [1.54, 1.807) is 0 Å². The smallest absolute Gasteiger partial charge is 0.0483 e. The van der Waals surface area contributed by atoms with Crippen LogP contribution in [0.3, 0.4) is 0 Å². The van der Waals surface area contributed by atoms with Gasteiger partial charge < -0.3 is 4.57 Å². The third-order valence-corrected chi connectivity index (χ3v) is 2.54. The Morgan fingerprint density at radius 1 is 1.38 bits per heavy atom. The number of aryl methyl sites for hydroxylation is 2. The maximum absolute atomic E-state index is 3.89. The molecule has 67 valence electrons. The molecule has 1 aromatic heterocycles. The van der Waals surface area contributed by atoms with E-state index in [9.17, 15) is 0 Å². The van der Waals surface area contributed by atoms with Gasteiger partial charge >= 0.3 is 0 Å². The van der Waals surface area contributed by atoms with Crippen molar-refractivity contribution in [3.8, 4) is 0 Å². The van der Waals surface area contributed by atoms with Crippen LogP contribution >= 0.6 is 0 Å². The van der Waals surface area contributed by atoms with Crippen LogP contribution in [0.2, 0.25) is 0 Å². The largest absolute Gasteiger partial charge is 0.350 e. The third kappa shape index (κ3) is 1.24. The van der Waals surface area contributed by atoms with E-state index in [2.05, 4.69) is 49.9 Å². The van der Waals surface area contributed by atoms with Crippen LogP contribution < -0.4 is 0 Å². The highest BCUT2D eigenvalue weighted by atomic mass is 14.9. The first kappa shape index (κ1) is 8.36. The average Bonchev–Trinajstić information content (AvgIpc) is 2.42. The lowest BCUT2D eigenvalue weighted by Gasteiger charge is -1.99. The number of benzene rings is 1. The molecule has 0 saturated heterocycles. The molecule has 1 nitrogen and oxygen atoms in total. The summed E-state index contributed by atoms with van der Waals surface area (Å²) in [6.07, 6.45) is 3.03. The lowest BCUT2D eigenvalue weighted by atomic mass is 10.1. The lowest BCUT2D eigenvalue weighted by Crippen LogP contribution is -1.85. The molecule has 0 unspecified atom stereocenters. The van der Waals surface area contributed by atoms with Crippen LogP contribution in [0.5, 0.6) is 0 Å². The first-order chi connectivity index (χ1) is 6.22. The zero-order chi connectivity index (χ0) is 9.42. The van der Waals surface area contributed by atoms with E-state index in [0.29, 0.717) is 0 Å². The summed E-state index contributed by atoms with van der Waals surface area (Å²) in [5, 5.41) is 1.35. The van der Waals surface area contributed by atoms with Crippen molar-refractivity contribution in [1.82, 2.24) is 4.57 Å². The van der Waals surface area contributed by atoms with Gasteiger partial charge in [0.05, 0.1) is 0 Å². The summed E-state index contributed by atoms with van der Waals surface area (Å²) in [5.41, 5.74) is 3.94. The van der Waals surface area contributed by atoms with Crippen LogP contribution in [-0.2, 0) is 13.5 Å². The highest BCUT2D eigenvalue weighted by molar-refractivity contribution is 5.84. The summed E-state index contributed by atoms with van der Waals surface area (Å²) in [7, 11) is 2.09. The summed E-state index contributed by atoms with van der Waals surface area (Å²) in [6, 6.07) is 6.56. The molecule has 1 aromatic carbocycles. The molecule has 0 aliphatic heterocycles. The van der Waals surface area contributed by atoms with Gasteiger partial charge in [-0.25, -0.2) is 0 Å². The highest BCUT2D eigenvalue weighted by Gasteiger charge is 2.02. The average molecular weight is 172 g/mol. The minimum atomic E-state index is 0.861. The number of hydrogen-bond donors (Lipinski definition) is 0. The van der Waals surface area contributed by atoms with Crippen LogP contribution in [0.15, 0.2) is 24.4 Å². The topological polar surface area (TPSA) is 4.93 Å². The van der Waals surface area contributed by atoms with Crippen LogP contribution in [0.1, 0.15) is 11.1 Å². The molecular formula is C12H14N. The Morgan fingerprint density at radius 3 is 2.85 bits per heavy atom. The minimum absolute atomic E-state index is 0.861. The molecule has 0 spiro atoms. The number of rotatable bonds is 1. The van der Waals surface area contributed by atoms with Gasteiger partial charge in [0, 0.05) is 24.1 Å². The Labute approximate surface area is 79.0 Å². The Morgan fingerprint density at radius 2 is 2.15 bits per heavy atom. The number of fused-ring (bicyclic) bond motifs is 1. The van der Waals surface area contributed by atoms with Crippen molar-refractivity contribution in [2.45, 2.75) is 13.3 Å². The normalized spacial score (nSPS) is 11.0. The summed E-state index contributed by atoms with van der Waals surface area (Å²) < 4.78 is 2.17. The van der Waals surface area contributed by atoms with E-state index in [1.165, 1.54) is 22.0 Å². The lowest BCUT2D eigenvalue weighted by molar-refractivity contribution is 0.962. The Bertz CT molecular complexity index is 438. The van der Waals surface area contributed by atoms with Gasteiger partial charge in [0.1, 0.15) is 0 Å². The predicted octanol–water partition coefficient (Wildman–Crippen LogP) is 2.86. The van der Waals surface area contributed by atoms with Crippen molar-refractivity contribution in [2.24, 2.45) is 7.05 Å². The van der Waals surface area contributed by atoms with E-state index < -0.39 is 0 Å². The van der Waals surface area contributed by atoms with Gasteiger partial charge in [-0.05, 0) is 37.5 Å². The van der Waals surface area contributed by atoms with Crippen LogP contribution in [0.25, 0.3) is 10.9 Å². The molecule has 1 heterocycles. The zero-order valence-electron chi connectivity index (χ0n) is 8.17. The fourth-order valence-corrected chi connectivity index (χ4v) is 1.79. The van der Waals surface area contributed by atoms with Crippen molar-refractivity contribution >= 4 is 10.9 Å². The van der Waals surface area contributed by atoms with Gasteiger partial charge in [0.25, 0.3) is 0 Å². The van der Waals surface area contributed by atoms with E-state index in [4.69, 9.17) is 0 Å². The zero-order valence-corrected chi connectivity index (χ0v) is 8.17.